The van der Waals surface area contributed by atoms with Gasteiger partial charge in [-0.1, -0.05) is 42.5 Å². The molecule has 2 nitrogen and oxygen atoms in total. The van der Waals surface area contributed by atoms with E-state index in [0.29, 0.717) is 5.54 Å². The second-order valence-corrected chi connectivity index (χ2v) is 9.24. The van der Waals surface area contributed by atoms with Gasteiger partial charge in [-0.25, -0.2) is 0 Å². The zero-order valence-electron chi connectivity index (χ0n) is 15.4. The maximum atomic E-state index is 2.93. The number of piperazine rings is 1. The van der Waals surface area contributed by atoms with Gasteiger partial charge in [0, 0.05) is 38.3 Å². The highest BCUT2D eigenvalue weighted by molar-refractivity contribution is 5.48. The lowest BCUT2D eigenvalue weighted by Gasteiger charge is -2.61. The lowest BCUT2D eigenvalue weighted by Crippen LogP contribution is -2.63. The Balaban J connectivity index is 1.16. The second kappa shape index (κ2) is 6.55. The fourth-order valence-corrected chi connectivity index (χ4v) is 6.76. The molecule has 0 N–H and O–H groups in total. The van der Waals surface area contributed by atoms with E-state index in [1.807, 2.05) is 0 Å². The molecule has 0 aromatic heterocycles. The Hall–Kier alpha value is -1.12. The van der Waals surface area contributed by atoms with Gasteiger partial charge in [0.1, 0.15) is 0 Å². The van der Waals surface area contributed by atoms with Crippen LogP contribution in [0.4, 0.5) is 0 Å². The maximum Gasteiger partial charge on any atom is 0.0218 e. The predicted octanol–water partition coefficient (Wildman–Crippen LogP) is 4.29. The SMILES string of the molecule is C(=C\c1ccccc1)/CN1CCN(C23CC4CC(CC(C4)C2)C3)CC1. The summed E-state index contributed by atoms with van der Waals surface area (Å²) in [5.41, 5.74) is 1.93. The second-order valence-electron chi connectivity index (χ2n) is 9.24. The first-order valence-corrected chi connectivity index (χ1v) is 10.5. The van der Waals surface area contributed by atoms with Crippen LogP contribution in [-0.2, 0) is 0 Å². The zero-order chi connectivity index (χ0) is 16.7. The van der Waals surface area contributed by atoms with Gasteiger partial charge in [0.2, 0.25) is 0 Å². The Labute approximate surface area is 152 Å². The van der Waals surface area contributed by atoms with Gasteiger partial charge in [-0.05, 0) is 61.8 Å². The molecule has 0 amide bonds. The van der Waals surface area contributed by atoms with Crippen LogP contribution in [0.1, 0.15) is 44.1 Å². The number of nitrogens with zero attached hydrogens (tertiary/aromatic N) is 2. The highest BCUT2D eigenvalue weighted by Crippen LogP contribution is 2.57. The molecule has 6 rings (SSSR count). The average molecular weight is 337 g/mol. The van der Waals surface area contributed by atoms with Crippen molar-refractivity contribution < 1.29 is 0 Å². The van der Waals surface area contributed by atoms with Crippen molar-refractivity contribution in [3.63, 3.8) is 0 Å². The van der Waals surface area contributed by atoms with E-state index in [-0.39, 0.29) is 0 Å². The molecular weight excluding hydrogens is 304 g/mol. The topological polar surface area (TPSA) is 6.48 Å². The van der Waals surface area contributed by atoms with Crippen LogP contribution in [0.5, 0.6) is 0 Å². The maximum absolute atomic E-state index is 2.93. The molecule has 25 heavy (non-hydrogen) atoms. The Morgan fingerprint density at radius 3 is 2.04 bits per heavy atom. The summed E-state index contributed by atoms with van der Waals surface area (Å²) >= 11 is 0. The molecule has 1 aliphatic heterocycles. The molecule has 4 aliphatic carbocycles. The minimum absolute atomic E-state index is 0.612. The van der Waals surface area contributed by atoms with Crippen molar-refractivity contribution in [2.75, 3.05) is 32.7 Å². The first kappa shape index (κ1) is 16.1. The molecule has 0 unspecified atom stereocenters. The van der Waals surface area contributed by atoms with E-state index in [4.69, 9.17) is 0 Å². The molecular formula is C23H32N2. The van der Waals surface area contributed by atoms with E-state index in [9.17, 15) is 0 Å². The van der Waals surface area contributed by atoms with Gasteiger partial charge in [-0.15, -0.1) is 0 Å². The molecule has 0 spiro atoms. The molecule has 134 valence electrons. The monoisotopic (exact) mass is 336 g/mol. The van der Waals surface area contributed by atoms with Crippen molar-refractivity contribution in [2.45, 2.75) is 44.1 Å². The van der Waals surface area contributed by atoms with Crippen LogP contribution in [0.2, 0.25) is 0 Å². The van der Waals surface area contributed by atoms with E-state index in [1.165, 1.54) is 51.0 Å². The Bertz CT molecular complexity index is 577. The fraction of sp³-hybridized carbons (Fsp3) is 0.652. The molecule has 4 bridgehead atoms. The number of rotatable bonds is 4. The molecule has 1 saturated heterocycles. The lowest BCUT2D eigenvalue weighted by atomic mass is 9.52. The molecule has 2 heteroatoms. The van der Waals surface area contributed by atoms with Gasteiger partial charge in [-0.2, -0.15) is 0 Å². The van der Waals surface area contributed by atoms with Crippen LogP contribution in [0.3, 0.4) is 0 Å². The van der Waals surface area contributed by atoms with Gasteiger partial charge in [0.05, 0.1) is 0 Å². The minimum atomic E-state index is 0.612. The Kier molecular flexibility index (Phi) is 4.22. The Morgan fingerprint density at radius 1 is 0.840 bits per heavy atom. The van der Waals surface area contributed by atoms with E-state index in [2.05, 4.69) is 52.3 Å². The molecule has 0 radical (unpaired) electrons. The van der Waals surface area contributed by atoms with E-state index >= 15 is 0 Å². The molecule has 4 saturated carbocycles. The van der Waals surface area contributed by atoms with E-state index in [1.54, 1.807) is 19.3 Å². The van der Waals surface area contributed by atoms with Gasteiger partial charge in [0.15, 0.2) is 0 Å². The lowest BCUT2D eigenvalue weighted by molar-refractivity contribution is -0.100. The van der Waals surface area contributed by atoms with Crippen LogP contribution >= 0.6 is 0 Å². The summed E-state index contributed by atoms with van der Waals surface area (Å²) in [6.07, 6.45) is 13.9. The summed E-state index contributed by atoms with van der Waals surface area (Å²) in [6, 6.07) is 10.7. The van der Waals surface area contributed by atoms with Crippen LogP contribution in [0.15, 0.2) is 36.4 Å². The molecule has 5 fully saturated rings. The summed E-state index contributed by atoms with van der Waals surface area (Å²) in [5, 5.41) is 0. The molecule has 1 aromatic carbocycles. The molecule has 1 aromatic rings. The third-order valence-corrected chi connectivity index (χ3v) is 7.52. The summed E-state index contributed by atoms with van der Waals surface area (Å²) in [4.78, 5) is 5.56. The van der Waals surface area contributed by atoms with Crippen molar-refractivity contribution in [1.82, 2.24) is 9.80 Å². The number of benzene rings is 1. The van der Waals surface area contributed by atoms with Gasteiger partial charge in [0.25, 0.3) is 0 Å². The smallest absolute Gasteiger partial charge is 0.0218 e. The fourth-order valence-electron chi connectivity index (χ4n) is 6.76. The predicted molar refractivity (Wildman–Crippen MR) is 104 cm³/mol. The van der Waals surface area contributed by atoms with Crippen molar-refractivity contribution in [2.24, 2.45) is 17.8 Å². The van der Waals surface area contributed by atoms with Crippen LogP contribution in [-0.4, -0.2) is 48.1 Å². The van der Waals surface area contributed by atoms with Crippen molar-refractivity contribution >= 4 is 6.08 Å². The summed E-state index contributed by atoms with van der Waals surface area (Å²) < 4.78 is 0. The molecule has 5 aliphatic rings. The van der Waals surface area contributed by atoms with Gasteiger partial charge < -0.3 is 0 Å². The quantitative estimate of drug-likeness (QED) is 0.809. The van der Waals surface area contributed by atoms with Crippen molar-refractivity contribution in [1.29, 1.82) is 0 Å². The van der Waals surface area contributed by atoms with Crippen molar-refractivity contribution in [3.8, 4) is 0 Å². The number of hydrogen-bond donors (Lipinski definition) is 0. The van der Waals surface area contributed by atoms with Crippen molar-refractivity contribution in [3.05, 3.63) is 42.0 Å². The first-order chi connectivity index (χ1) is 12.3. The van der Waals surface area contributed by atoms with Gasteiger partial charge in [-0.3, -0.25) is 9.80 Å². The number of hydrogen-bond acceptors (Lipinski definition) is 2. The summed E-state index contributed by atoms with van der Waals surface area (Å²) in [6.45, 7) is 6.20. The zero-order valence-corrected chi connectivity index (χ0v) is 15.4. The average Bonchev–Trinajstić information content (AvgIpc) is 2.62. The highest BCUT2D eigenvalue weighted by Gasteiger charge is 2.53. The Morgan fingerprint density at radius 2 is 1.44 bits per heavy atom. The van der Waals surface area contributed by atoms with E-state index < -0.39 is 0 Å². The molecule has 1 heterocycles. The minimum Gasteiger partial charge on any atom is -0.297 e. The third-order valence-electron chi connectivity index (χ3n) is 7.52. The summed E-state index contributed by atoms with van der Waals surface area (Å²) in [5.74, 6) is 3.20. The van der Waals surface area contributed by atoms with Crippen LogP contribution in [0.25, 0.3) is 6.08 Å². The molecule has 0 atom stereocenters. The largest absolute Gasteiger partial charge is 0.297 e. The third kappa shape index (κ3) is 3.19. The van der Waals surface area contributed by atoms with Crippen LogP contribution < -0.4 is 0 Å². The van der Waals surface area contributed by atoms with Crippen LogP contribution in [0, 0.1) is 17.8 Å². The highest BCUT2D eigenvalue weighted by atomic mass is 15.3. The standard InChI is InChI=1S/C23H32N2/c1-2-5-19(6-3-1)7-4-8-24-9-11-25(12-10-24)23-16-20-13-21(17-23)15-22(14-20)18-23/h1-7,20-22H,8-18H2/b7-4+. The summed E-state index contributed by atoms with van der Waals surface area (Å²) in [7, 11) is 0. The normalized spacial score (nSPS) is 38.6. The van der Waals surface area contributed by atoms with Gasteiger partial charge >= 0.3 is 0 Å². The van der Waals surface area contributed by atoms with E-state index in [0.717, 1.165) is 24.3 Å². The first-order valence-electron chi connectivity index (χ1n) is 10.5.